The molecule has 3 heteroatoms. The number of nitrogens with zero attached hydrogens (tertiary/aromatic N) is 1. The van der Waals surface area contributed by atoms with E-state index < -0.39 is 0 Å². The van der Waals surface area contributed by atoms with Crippen molar-refractivity contribution in [3.05, 3.63) is 71.8 Å². The van der Waals surface area contributed by atoms with Gasteiger partial charge in [0.25, 0.3) is 0 Å². The van der Waals surface area contributed by atoms with E-state index in [-0.39, 0.29) is 0 Å². The third-order valence-electron chi connectivity index (χ3n) is 3.75. The molecule has 4 rings (SSSR count). The van der Waals surface area contributed by atoms with Crippen LogP contribution in [0.15, 0.2) is 64.9 Å². The van der Waals surface area contributed by atoms with Gasteiger partial charge in [-0.15, -0.1) is 0 Å². The molecule has 102 valence electrons. The lowest BCUT2D eigenvalue weighted by Gasteiger charge is -2.03. The number of nitrogens with two attached hydrogens (primary N) is 1. The Labute approximate surface area is 122 Å². The van der Waals surface area contributed by atoms with Crippen molar-refractivity contribution in [2.24, 2.45) is 5.73 Å². The van der Waals surface area contributed by atoms with Gasteiger partial charge in [-0.2, -0.15) is 0 Å². The molecule has 0 saturated carbocycles. The van der Waals surface area contributed by atoms with Crippen molar-refractivity contribution in [1.82, 2.24) is 4.98 Å². The molecule has 0 fully saturated rings. The van der Waals surface area contributed by atoms with Crippen LogP contribution in [-0.2, 0) is 6.42 Å². The van der Waals surface area contributed by atoms with Gasteiger partial charge in [0.05, 0.1) is 11.1 Å². The van der Waals surface area contributed by atoms with Crippen LogP contribution in [0.5, 0.6) is 0 Å². The number of aromatic nitrogens is 1. The summed E-state index contributed by atoms with van der Waals surface area (Å²) in [5, 5.41) is 1.08. The number of hydrogen-bond donors (Lipinski definition) is 1. The highest BCUT2D eigenvalue weighted by atomic mass is 16.3. The summed E-state index contributed by atoms with van der Waals surface area (Å²) in [5.74, 6) is 0.867. The molecule has 0 amide bonds. The summed E-state index contributed by atoms with van der Waals surface area (Å²) < 4.78 is 5.97. The molecule has 0 radical (unpaired) electrons. The largest absolute Gasteiger partial charge is 0.456 e. The van der Waals surface area contributed by atoms with Crippen LogP contribution in [0.25, 0.3) is 28.3 Å². The van der Waals surface area contributed by atoms with Crippen molar-refractivity contribution in [3.63, 3.8) is 0 Å². The van der Waals surface area contributed by atoms with E-state index in [1.807, 2.05) is 42.5 Å². The molecule has 1 aliphatic rings. The molecule has 0 saturated heterocycles. The molecule has 0 unspecified atom stereocenters. The summed E-state index contributed by atoms with van der Waals surface area (Å²) in [6, 6.07) is 12.1. The number of fused-ring (bicyclic) bond motifs is 3. The molecule has 0 bridgehead atoms. The first kappa shape index (κ1) is 12.0. The zero-order chi connectivity index (χ0) is 14.2. The van der Waals surface area contributed by atoms with E-state index in [1.54, 1.807) is 6.20 Å². The Bertz CT molecular complexity index is 873. The first-order valence-electron chi connectivity index (χ1n) is 6.92. The predicted octanol–water partition coefficient (Wildman–Crippen LogP) is 3.91. The van der Waals surface area contributed by atoms with Crippen LogP contribution in [0.3, 0.4) is 0 Å². The van der Waals surface area contributed by atoms with Crippen LogP contribution in [0.2, 0.25) is 0 Å². The number of benzene rings is 1. The second-order valence-electron chi connectivity index (χ2n) is 5.09. The first-order chi connectivity index (χ1) is 10.3. The number of furan rings is 1. The minimum atomic E-state index is 0.757. The summed E-state index contributed by atoms with van der Waals surface area (Å²) in [5.41, 5.74) is 10.7. The normalized spacial score (nSPS) is 13.8. The van der Waals surface area contributed by atoms with Gasteiger partial charge in [-0.25, -0.2) is 0 Å². The Morgan fingerprint density at radius 2 is 1.90 bits per heavy atom. The second-order valence-corrected chi connectivity index (χ2v) is 5.09. The quantitative estimate of drug-likeness (QED) is 0.732. The number of allylic oxidation sites excluding steroid dienone is 2. The van der Waals surface area contributed by atoms with Gasteiger partial charge in [0.1, 0.15) is 11.3 Å². The Hall–Kier alpha value is -2.81. The van der Waals surface area contributed by atoms with Crippen molar-refractivity contribution in [1.29, 1.82) is 0 Å². The molecule has 2 N–H and O–H groups in total. The van der Waals surface area contributed by atoms with E-state index in [2.05, 4.69) is 17.1 Å². The smallest absolute Gasteiger partial charge is 0.138 e. The molecule has 3 aromatic rings. The number of hydrogen-bond acceptors (Lipinski definition) is 3. The molecular weight excluding hydrogens is 260 g/mol. The maximum absolute atomic E-state index is 5.97. The molecule has 21 heavy (non-hydrogen) atoms. The molecule has 2 heterocycles. The average molecular weight is 274 g/mol. The van der Waals surface area contributed by atoms with Crippen LogP contribution >= 0.6 is 0 Å². The van der Waals surface area contributed by atoms with Gasteiger partial charge in [0.2, 0.25) is 0 Å². The maximum Gasteiger partial charge on any atom is 0.138 e. The summed E-state index contributed by atoms with van der Waals surface area (Å²) in [7, 11) is 0. The summed E-state index contributed by atoms with van der Waals surface area (Å²) >= 11 is 0. The number of pyridine rings is 1. The van der Waals surface area contributed by atoms with Crippen molar-refractivity contribution >= 4 is 17.0 Å². The highest BCUT2D eigenvalue weighted by molar-refractivity contribution is 5.96. The summed E-state index contributed by atoms with van der Waals surface area (Å²) in [6.07, 6.45) is 8.37. The Balaban J connectivity index is 2.02. The third-order valence-corrected chi connectivity index (χ3v) is 3.75. The fourth-order valence-corrected chi connectivity index (χ4v) is 2.74. The van der Waals surface area contributed by atoms with Crippen molar-refractivity contribution in [3.8, 4) is 11.3 Å². The van der Waals surface area contributed by atoms with Gasteiger partial charge in [-0.1, -0.05) is 36.4 Å². The number of rotatable bonds is 1. The van der Waals surface area contributed by atoms with Crippen LogP contribution in [-0.4, -0.2) is 4.98 Å². The van der Waals surface area contributed by atoms with Gasteiger partial charge in [-0.3, -0.25) is 4.98 Å². The monoisotopic (exact) mass is 274 g/mol. The zero-order valence-corrected chi connectivity index (χ0v) is 11.4. The lowest BCUT2D eigenvalue weighted by atomic mass is 10.0. The highest BCUT2D eigenvalue weighted by Crippen LogP contribution is 2.35. The maximum atomic E-state index is 5.97. The minimum Gasteiger partial charge on any atom is -0.456 e. The van der Waals surface area contributed by atoms with E-state index in [1.165, 1.54) is 0 Å². The SMILES string of the molecule is NC1=CCc2c(oc3ccnc(-c4ccccc4)c23)C=C1. The van der Waals surface area contributed by atoms with Gasteiger partial charge in [0.15, 0.2) is 0 Å². The van der Waals surface area contributed by atoms with E-state index in [0.29, 0.717) is 0 Å². The summed E-state index contributed by atoms with van der Waals surface area (Å²) in [4.78, 5) is 4.57. The van der Waals surface area contributed by atoms with Crippen LogP contribution in [0.1, 0.15) is 11.3 Å². The topological polar surface area (TPSA) is 52.0 Å². The Morgan fingerprint density at radius 1 is 1.05 bits per heavy atom. The Kier molecular flexibility index (Phi) is 2.64. The molecule has 1 aliphatic carbocycles. The third kappa shape index (κ3) is 1.94. The minimum absolute atomic E-state index is 0.757. The molecular formula is C18H14N2O. The zero-order valence-electron chi connectivity index (χ0n) is 11.4. The molecule has 2 aromatic heterocycles. The predicted molar refractivity (Wildman–Crippen MR) is 84.5 cm³/mol. The Morgan fingerprint density at radius 3 is 2.76 bits per heavy atom. The molecule has 3 nitrogen and oxygen atoms in total. The molecule has 1 aromatic carbocycles. The second kappa shape index (κ2) is 4.63. The fraction of sp³-hybridized carbons (Fsp3) is 0.0556. The van der Waals surface area contributed by atoms with Crippen molar-refractivity contribution in [2.75, 3.05) is 0 Å². The van der Waals surface area contributed by atoms with Crippen LogP contribution in [0, 0.1) is 0 Å². The lowest BCUT2D eigenvalue weighted by Crippen LogP contribution is -1.92. The van der Waals surface area contributed by atoms with E-state index in [0.717, 1.165) is 45.7 Å². The molecule has 0 atom stereocenters. The average Bonchev–Trinajstić information content (AvgIpc) is 2.79. The summed E-state index contributed by atoms with van der Waals surface area (Å²) in [6.45, 7) is 0. The molecule has 0 spiro atoms. The van der Waals surface area contributed by atoms with Crippen LogP contribution in [0.4, 0.5) is 0 Å². The highest BCUT2D eigenvalue weighted by Gasteiger charge is 2.17. The standard InChI is InChI=1S/C18H14N2O/c19-13-6-8-14-15(9-7-13)21-16-10-11-20-18(17(14)16)12-4-2-1-3-5-12/h1-7,9-11H,8,19H2. The van der Waals surface area contributed by atoms with E-state index in [9.17, 15) is 0 Å². The molecule has 0 aliphatic heterocycles. The van der Waals surface area contributed by atoms with Gasteiger partial charge in [0, 0.05) is 23.0 Å². The fourth-order valence-electron chi connectivity index (χ4n) is 2.74. The van der Waals surface area contributed by atoms with E-state index in [4.69, 9.17) is 10.2 Å². The van der Waals surface area contributed by atoms with Gasteiger partial charge < -0.3 is 10.2 Å². The van der Waals surface area contributed by atoms with Gasteiger partial charge >= 0.3 is 0 Å². The van der Waals surface area contributed by atoms with Crippen LogP contribution < -0.4 is 5.73 Å². The first-order valence-corrected chi connectivity index (χ1v) is 6.92. The van der Waals surface area contributed by atoms with Gasteiger partial charge in [-0.05, 0) is 24.6 Å². The lowest BCUT2D eigenvalue weighted by molar-refractivity contribution is 0.600. The van der Waals surface area contributed by atoms with E-state index >= 15 is 0 Å². The van der Waals surface area contributed by atoms with Crippen molar-refractivity contribution in [2.45, 2.75) is 6.42 Å². The van der Waals surface area contributed by atoms with Crippen molar-refractivity contribution < 1.29 is 4.42 Å².